The lowest BCUT2D eigenvalue weighted by Gasteiger charge is -2.27. The van der Waals surface area contributed by atoms with Crippen LogP contribution in [0.2, 0.25) is 0 Å². The maximum Gasteiger partial charge on any atom is 0.163 e. The molecule has 1 saturated carbocycles. The van der Waals surface area contributed by atoms with Gasteiger partial charge in [0, 0.05) is 12.0 Å². The zero-order valence-electron chi connectivity index (χ0n) is 17.1. The predicted octanol–water partition coefficient (Wildman–Crippen LogP) is 7.21. The standard InChI is InChI=1S/C24H38O2/c1-4-6-7-9-19(3)26-23-16-14-22(15-17-23)24(25)18-21-12-10-20(8-5-2)11-13-21/h14-17,19-21H,4-13,18H2,1-3H3. The average Bonchev–Trinajstić information content (AvgIpc) is 2.64. The highest BCUT2D eigenvalue weighted by Gasteiger charge is 2.23. The Bertz CT molecular complexity index is 512. The molecule has 2 rings (SSSR count). The lowest BCUT2D eigenvalue weighted by atomic mass is 9.78. The summed E-state index contributed by atoms with van der Waals surface area (Å²) in [6.07, 6.45) is 13.5. The molecule has 1 aromatic carbocycles. The normalized spacial score (nSPS) is 21.3. The Morgan fingerprint density at radius 2 is 1.65 bits per heavy atom. The second-order valence-electron chi connectivity index (χ2n) is 8.25. The van der Waals surface area contributed by atoms with E-state index in [1.807, 2.05) is 24.3 Å². The molecule has 0 aliphatic heterocycles. The summed E-state index contributed by atoms with van der Waals surface area (Å²) in [4.78, 5) is 12.6. The smallest absolute Gasteiger partial charge is 0.163 e. The van der Waals surface area contributed by atoms with Crippen molar-refractivity contribution in [1.82, 2.24) is 0 Å². The van der Waals surface area contributed by atoms with Gasteiger partial charge in [-0.05, 0) is 68.7 Å². The highest BCUT2D eigenvalue weighted by Crippen LogP contribution is 2.34. The van der Waals surface area contributed by atoms with Crippen LogP contribution >= 0.6 is 0 Å². The van der Waals surface area contributed by atoms with E-state index in [1.54, 1.807) is 0 Å². The summed E-state index contributed by atoms with van der Waals surface area (Å²) in [5.41, 5.74) is 0.840. The van der Waals surface area contributed by atoms with Gasteiger partial charge in [0.15, 0.2) is 5.78 Å². The van der Waals surface area contributed by atoms with Gasteiger partial charge in [0.25, 0.3) is 0 Å². The number of carbonyl (C=O) groups is 1. The minimum atomic E-state index is 0.237. The number of unbranched alkanes of at least 4 members (excludes halogenated alkanes) is 2. The van der Waals surface area contributed by atoms with E-state index in [1.165, 1.54) is 57.8 Å². The molecule has 1 aliphatic carbocycles. The topological polar surface area (TPSA) is 26.3 Å². The van der Waals surface area contributed by atoms with Gasteiger partial charge in [0.05, 0.1) is 6.10 Å². The number of ether oxygens (including phenoxy) is 1. The SMILES string of the molecule is CCCCCC(C)Oc1ccc(C(=O)CC2CCC(CCC)CC2)cc1. The van der Waals surface area contributed by atoms with Gasteiger partial charge in [-0.25, -0.2) is 0 Å². The molecule has 0 radical (unpaired) electrons. The molecule has 0 heterocycles. The Labute approximate surface area is 160 Å². The number of rotatable bonds is 11. The molecule has 1 aliphatic rings. The number of hydrogen-bond donors (Lipinski definition) is 0. The van der Waals surface area contributed by atoms with Crippen LogP contribution in [0.25, 0.3) is 0 Å². The van der Waals surface area contributed by atoms with Gasteiger partial charge in [0.2, 0.25) is 0 Å². The Hall–Kier alpha value is -1.31. The van der Waals surface area contributed by atoms with E-state index >= 15 is 0 Å². The van der Waals surface area contributed by atoms with Gasteiger partial charge < -0.3 is 4.74 Å². The van der Waals surface area contributed by atoms with Crippen LogP contribution in [0.4, 0.5) is 0 Å². The van der Waals surface area contributed by atoms with E-state index in [0.717, 1.165) is 23.7 Å². The van der Waals surface area contributed by atoms with Crippen molar-refractivity contribution >= 4 is 5.78 Å². The molecular weight excluding hydrogens is 320 g/mol. The Kier molecular flexibility index (Phi) is 9.22. The van der Waals surface area contributed by atoms with E-state index in [2.05, 4.69) is 20.8 Å². The first-order valence-corrected chi connectivity index (χ1v) is 10.9. The van der Waals surface area contributed by atoms with Crippen LogP contribution in [0.15, 0.2) is 24.3 Å². The van der Waals surface area contributed by atoms with Crippen molar-refractivity contribution in [3.63, 3.8) is 0 Å². The minimum Gasteiger partial charge on any atom is -0.491 e. The van der Waals surface area contributed by atoms with Gasteiger partial charge in [-0.2, -0.15) is 0 Å². The van der Waals surface area contributed by atoms with E-state index in [4.69, 9.17) is 4.74 Å². The van der Waals surface area contributed by atoms with Crippen molar-refractivity contribution < 1.29 is 9.53 Å². The molecule has 1 atom stereocenters. The zero-order chi connectivity index (χ0) is 18.8. The fraction of sp³-hybridized carbons (Fsp3) is 0.708. The first-order chi connectivity index (χ1) is 12.6. The molecule has 1 unspecified atom stereocenters. The summed E-state index contributed by atoms with van der Waals surface area (Å²) < 4.78 is 5.97. The lowest BCUT2D eigenvalue weighted by molar-refractivity contribution is 0.0942. The van der Waals surface area contributed by atoms with Crippen molar-refractivity contribution in [1.29, 1.82) is 0 Å². The highest BCUT2D eigenvalue weighted by atomic mass is 16.5. The Balaban J connectivity index is 1.76. The maximum absolute atomic E-state index is 12.6. The third kappa shape index (κ3) is 7.13. The fourth-order valence-electron chi connectivity index (χ4n) is 4.20. The molecule has 146 valence electrons. The Morgan fingerprint density at radius 1 is 1.00 bits per heavy atom. The molecule has 26 heavy (non-hydrogen) atoms. The summed E-state index contributed by atoms with van der Waals surface area (Å²) in [6, 6.07) is 7.81. The van der Waals surface area contributed by atoms with Crippen molar-refractivity contribution in [3.8, 4) is 5.75 Å². The molecule has 1 aromatic rings. The van der Waals surface area contributed by atoms with Crippen LogP contribution in [0.1, 0.15) is 102 Å². The summed E-state index contributed by atoms with van der Waals surface area (Å²) in [5.74, 6) is 2.67. The van der Waals surface area contributed by atoms with Crippen molar-refractivity contribution in [2.45, 2.75) is 97.5 Å². The molecule has 0 saturated heterocycles. The summed E-state index contributed by atoms with van der Waals surface area (Å²) in [5, 5.41) is 0. The van der Waals surface area contributed by atoms with Crippen LogP contribution in [0.3, 0.4) is 0 Å². The first-order valence-electron chi connectivity index (χ1n) is 10.9. The number of hydrogen-bond acceptors (Lipinski definition) is 2. The molecule has 0 aromatic heterocycles. The molecule has 0 amide bonds. The van der Waals surface area contributed by atoms with Crippen LogP contribution in [-0.4, -0.2) is 11.9 Å². The number of carbonyl (C=O) groups excluding carboxylic acids is 1. The fourth-order valence-corrected chi connectivity index (χ4v) is 4.20. The van der Waals surface area contributed by atoms with Crippen molar-refractivity contribution in [2.24, 2.45) is 11.8 Å². The quantitative estimate of drug-likeness (QED) is 0.308. The first kappa shape index (κ1) is 21.0. The molecular formula is C24H38O2. The summed E-state index contributed by atoms with van der Waals surface area (Å²) >= 11 is 0. The Morgan fingerprint density at radius 3 is 2.27 bits per heavy atom. The van der Waals surface area contributed by atoms with E-state index in [0.29, 0.717) is 18.1 Å². The molecule has 0 bridgehead atoms. The van der Waals surface area contributed by atoms with Gasteiger partial charge in [-0.3, -0.25) is 4.79 Å². The zero-order valence-corrected chi connectivity index (χ0v) is 17.1. The van der Waals surface area contributed by atoms with Crippen LogP contribution in [0.5, 0.6) is 5.75 Å². The molecule has 1 fully saturated rings. The second-order valence-corrected chi connectivity index (χ2v) is 8.25. The van der Waals surface area contributed by atoms with E-state index < -0.39 is 0 Å². The van der Waals surface area contributed by atoms with Crippen LogP contribution in [0, 0.1) is 11.8 Å². The minimum absolute atomic E-state index is 0.237. The molecule has 0 spiro atoms. The monoisotopic (exact) mass is 358 g/mol. The average molecular weight is 359 g/mol. The molecule has 0 N–H and O–H groups in total. The van der Waals surface area contributed by atoms with Gasteiger partial charge >= 0.3 is 0 Å². The summed E-state index contributed by atoms with van der Waals surface area (Å²) in [6.45, 7) is 6.62. The third-order valence-electron chi connectivity index (χ3n) is 5.87. The highest BCUT2D eigenvalue weighted by molar-refractivity contribution is 5.96. The predicted molar refractivity (Wildman–Crippen MR) is 110 cm³/mol. The van der Waals surface area contributed by atoms with Crippen molar-refractivity contribution in [3.05, 3.63) is 29.8 Å². The van der Waals surface area contributed by atoms with Crippen LogP contribution < -0.4 is 4.74 Å². The third-order valence-corrected chi connectivity index (χ3v) is 5.87. The van der Waals surface area contributed by atoms with Gasteiger partial charge in [0.1, 0.15) is 5.75 Å². The maximum atomic E-state index is 12.6. The lowest BCUT2D eigenvalue weighted by Crippen LogP contribution is -2.17. The van der Waals surface area contributed by atoms with E-state index in [9.17, 15) is 4.79 Å². The largest absolute Gasteiger partial charge is 0.491 e. The van der Waals surface area contributed by atoms with Gasteiger partial charge in [-0.1, -0.05) is 52.4 Å². The number of benzene rings is 1. The number of ketones is 1. The molecule has 2 heteroatoms. The summed E-state index contributed by atoms with van der Waals surface area (Å²) in [7, 11) is 0. The number of Topliss-reactive ketones (excluding diaryl/α,β-unsaturated/α-hetero) is 1. The molecule has 2 nitrogen and oxygen atoms in total. The van der Waals surface area contributed by atoms with E-state index in [-0.39, 0.29) is 6.10 Å². The van der Waals surface area contributed by atoms with Crippen molar-refractivity contribution in [2.75, 3.05) is 0 Å². The van der Waals surface area contributed by atoms with Crippen LogP contribution in [-0.2, 0) is 0 Å². The second kappa shape index (κ2) is 11.4. The van der Waals surface area contributed by atoms with Gasteiger partial charge in [-0.15, -0.1) is 0 Å².